The number of aromatic nitrogens is 2. The first-order chi connectivity index (χ1) is 9.13. The topological polar surface area (TPSA) is 57.8 Å². The Hall–Kier alpha value is -1.24. The van der Waals surface area contributed by atoms with Gasteiger partial charge in [-0.1, -0.05) is 0 Å². The van der Waals surface area contributed by atoms with Crippen LogP contribution in [0.2, 0.25) is 0 Å². The van der Waals surface area contributed by atoms with E-state index in [-0.39, 0.29) is 11.7 Å². The highest BCUT2D eigenvalue weighted by Crippen LogP contribution is 2.15. The van der Waals surface area contributed by atoms with Crippen LogP contribution in [0, 0.1) is 6.92 Å². The molecule has 1 aliphatic heterocycles. The maximum absolute atomic E-state index is 12.0. The number of hydrogen-bond acceptors (Lipinski definition) is 5. The fourth-order valence-corrected chi connectivity index (χ4v) is 3.48. The van der Waals surface area contributed by atoms with Gasteiger partial charge in [-0.2, -0.15) is 0 Å². The molecule has 3 heterocycles. The minimum absolute atomic E-state index is 0.0173. The van der Waals surface area contributed by atoms with Gasteiger partial charge in [0.1, 0.15) is 0 Å². The Morgan fingerprint density at radius 2 is 2.42 bits per heavy atom. The maximum Gasteiger partial charge on any atom is 0.259 e. The number of piperidine rings is 1. The molecule has 0 bridgehead atoms. The van der Waals surface area contributed by atoms with Crippen LogP contribution in [0.15, 0.2) is 16.2 Å². The van der Waals surface area contributed by atoms with Crippen molar-refractivity contribution in [3.8, 4) is 0 Å². The number of aliphatic hydroxyl groups excluding tert-OH is 1. The second kappa shape index (κ2) is 5.03. The molecule has 19 heavy (non-hydrogen) atoms. The zero-order chi connectivity index (χ0) is 13.4. The van der Waals surface area contributed by atoms with E-state index in [2.05, 4.69) is 9.88 Å². The van der Waals surface area contributed by atoms with E-state index in [0.29, 0.717) is 13.1 Å². The quantitative estimate of drug-likeness (QED) is 0.892. The van der Waals surface area contributed by atoms with Crippen LogP contribution in [0.4, 0.5) is 0 Å². The van der Waals surface area contributed by atoms with Crippen LogP contribution in [0.3, 0.4) is 0 Å². The monoisotopic (exact) mass is 279 g/mol. The third-order valence-corrected chi connectivity index (χ3v) is 4.44. The molecule has 0 spiro atoms. The van der Waals surface area contributed by atoms with Crippen molar-refractivity contribution in [2.24, 2.45) is 0 Å². The predicted octanol–water partition coefficient (Wildman–Crippen LogP) is 1.02. The number of likely N-dealkylation sites (tertiary alicyclic amines) is 1. The number of aliphatic hydroxyl groups is 1. The Bertz CT molecular complexity index is 649. The molecule has 1 saturated heterocycles. The second-order valence-corrected chi connectivity index (χ2v) is 5.95. The Morgan fingerprint density at radius 1 is 1.58 bits per heavy atom. The van der Waals surface area contributed by atoms with Crippen LogP contribution in [0.25, 0.3) is 4.96 Å². The lowest BCUT2D eigenvalue weighted by Crippen LogP contribution is -2.38. The average Bonchev–Trinajstić information content (AvgIpc) is 2.71. The van der Waals surface area contributed by atoms with Gasteiger partial charge in [0.2, 0.25) is 0 Å². The van der Waals surface area contributed by atoms with E-state index in [9.17, 15) is 9.90 Å². The molecule has 6 heteroatoms. The van der Waals surface area contributed by atoms with E-state index in [1.165, 1.54) is 11.3 Å². The fourth-order valence-electron chi connectivity index (χ4n) is 2.59. The first kappa shape index (κ1) is 12.8. The summed E-state index contributed by atoms with van der Waals surface area (Å²) in [7, 11) is 0. The van der Waals surface area contributed by atoms with Gasteiger partial charge >= 0.3 is 0 Å². The van der Waals surface area contributed by atoms with Gasteiger partial charge in [-0.05, 0) is 26.3 Å². The molecule has 1 aliphatic rings. The molecule has 0 aliphatic carbocycles. The summed E-state index contributed by atoms with van der Waals surface area (Å²) in [4.78, 5) is 19.5. The van der Waals surface area contributed by atoms with E-state index >= 15 is 0 Å². The summed E-state index contributed by atoms with van der Waals surface area (Å²) in [6, 6.07) is 1.60. The smallest absolute Gasteiger partial charge is 0.259 e. The minimum Gasteiger partial charge on any atom is -0.392 e. The van der Waals surface area contributed by atoms with Crippen LogP contribution in [-0.2, 0) is 6.54 Å². The summed E-state index contributed by atoms with van der Waals surface area (Å²) in [5, 5.41) is 11.6. The molecule has 1 N–H and O–H groups in total. The Kier molecular flexibility index (Phi) is 3.38. The molecule has 1 fully saturated rings. The van der Waals surface area contributed by atoms with Crippen LogP contribution in [-0.4, -0.2) is 38.6 Å². The summed E-state index contributed by atoms with van der Waals surface area (Å²) < 4.78 is 1.64. The third kappa shape index (κ3) is 2.56. The summed E-state index contributed by atoms with van der Waals surface area (Å²) in [5.41, 5.74) is 1.70. The van der Waals surface area contributed by atoms with Gasteiger partial charge in [-0.25, -0.2) is 4.98 Å². The lowest BCUT2D eigenvalue weighted by Gasteiger charge is -2.29. The molecule has 0 saturated carbocycles. The number of rotatable bonds is 2. The zero-order valence-electron chi connectivity index (χ0n) is 10.9. The molecule has 2 aromatic rings. The van der Waals surface area contributed by atoms with Gasteiger partial charge < -0.3 is 5.11 Å². The summed E-state index contributed by atoms with van der Waals surface area (Å²) in [6.45, 7) is 4.18. The molecule has 3 rings (SSSR count). The Morgan fingerprint density at radius 3 is 3.21 bits per heavy atom. The highest BCUT2D eigenvalue weighted by Gasteiger charge is 2.18. The Labute approximate surface area is 115 Å². The number of thiazole rings is 1. The summed E-state index contributed by atoms with van der Waals surface area (Å²) >= 11 is 1.49. The van der Waals surface area contributed by atoms with Crippen molar-refractivity contribution in [1.29, 1.82) is 0 Å². The largest absolute Gasteiger partial charge is 0.392 e. The van der Waals surface area contributed by atoms with Crippen LogP contribution in [0.5, 0.6) is 0 Å². The molecule has 5 nitrogen and oxygen atoms in total. The molecule has 0 amide bonds. The summed E-state index contributed by atoms with van der Waals surface area (Å²) in [6.07, 6.45) is 1.62. The molecular weight excluding hydrogens is 262 g/mol. The zero-order valence-corrected chi connectivity index (χ0v) is 11.7. The van der Waals surface area contributed by atoms with Gasteiger partial charge in [-0.3, -0.25) is 14.1 Å². The van der Waals surface area contributed by atoms with Crippen LogP contribution in [0.1, 0.15) is 24.2 Å². The predicted molar refractivity (Wildman–Crippen MR) is 74.6 cm³/mol. The van der Waals surface area contributed by atoms with Gasteiger partial charge in [-0.15, -0.1) is 11.3 Å². The molecule has 0 aromatic carbocycles. The lowest BCUT2D eigenvalue weighted by atomic mass is 10.1. The molecular formula is C13H17N3O2S. The van der Waals surface area contributed by atoms with Crippen molar-refractivity contribution < 1.29 is 5.11 Å². The molecule has 102 valence electrons. The van der Waals surface area contributed by atoms with Crippen molar-refractivity contribution in [3.05, 3.63) is 33.2 Å². The molecule has 1 atom stereocenters. The number of fused-ring (bicyclic) bond motifs is 1. The first-order valence-electron chi connectivity index (χ1n) is 6.50. The van der Waals surface area contributed by atoms with E-state index in [1.807, 2.05) is 12.3 Å². The van der Waals surface area contributed by atoms with Crippen molar-refractivity contribution in [2.75, 3.05) is 13.1 Å². The summed E-state index contributed by atoms with van der Waals surface area (Å²) in [5.74, 6) is 0. The highest BCUT2D eigenvalue weighted by molar-refractivity contribution is 7.15. The second-order valence-electron chi connectivity index (χ2n) is 5.11. The standard InChI is InChI=1S/C13H17N3O2S/c1-9-8-19-13-14-10(5-12(18)16(9)13)6-15-4-2-3-11(17)7-15/h5,8,11,17H,2-4,6-7H2,1H3. The van der Waals surface area contributed by atoms with Crippen molar-refractivity contribution in [1.82, 2.24) is 14.3 Å². The minimum atomic E-state index is -0.248. The highest BCUT2D eigenvalue weighted by atomic mass is 32.1. The number of nitrogens with zero attached hydrogens (tertiary/aromatic N) is 3. The Balaban J connectivity index is 1.87. The van der Waals surface area contributed by atoms with Crippen molar-refractivity contribution in [2.45, 2.75) is 32.4 Å². The molecule has 2 aromatic heterocycles. The number of hydrogen-bond donors (Lipinski definition) is 1. The van der Waals surface area contributed by atoms with Crippen LogP contribution < -0.4 is 5.56 Å². The van der Waals surface area contributed by atoms with Crippen LogP contribution >= 0.6 is 11.3 Å². The SMILES string of the molecule is Cc1csc2nc(CN3CCCC(O)C3)cc(=O)n12. The van der Waals surface area contributed by atoms with Gasteiger partial charge in [0.15, 0.2) is 4.96 Å². The fraction of sp³-hybridized carbons (Fsp3) is 0.538. The molecule has 0 radical (unpaired) electrons. The number of β-amino-alcohol motifs (C(OH)–C–C–N with tert-alkyl or cyclic N) is 1. The first-order valence-corrected chi connectivity index (χ1v) is 7.38. The molecule has 1 unspecified atom stereocenters. The van der Waals surface area contributed by atoms with Gasteiger partial charge in [0.25, 0.3) is 5.56 Å². The van der Waals surface area contributed by atoms with E-state index in [4.69, 9.17) is 0 Å². The van der Waals surface area contributed by atoms with Gasteiger partial charge in [0, 0.05) is 30.2 Å². The van der Waals surface area contributed by atoms with Crippen molar-refractivity contribution >= 4 is 16.3 Å². The van der Waals surface area contributed by atoms with E-state index < -0.39 is 0 Å². The lowest BCUT2D eigenvalue weighted by molar-refractivity contribution is 0.0662. The normalized spacial score (nSPS) is 21.1. The maximum atomic E-state index is 12.0. The van der Waals surface area contributed by atoms with Crippen molar-refractivity contribution in [3.63, 3.8) is 0 Å². The van der Waals surface area contributed by atoms with Gasteiger partial charge in [0.05, 0.1) is 11.8 Å². The number of aryl methyl sites for hydroxylation is 1. The van der Waals surface area contributed by atoms with E-state index in [0.717, 1.165) is 35.7 Å². The average molecular weight is 279 g/mol. The van der Waals surface area contributed by atoms with E-state index in [1.54, 1.807) is 10.5 Å². The third-order valence-electron chi connectivity index (χ3n) is 3.49.